The minimum absolute atomic E-state index is 0.116. The summed E-state index contributed by atoms with van der Waals surface area (Å²) in [5, 5.41) is 30.1. The molecule has 0 heterocycles. The van der Waals surface area contributed by atoms with Gasteiger partial charge in [-0.1, -0.05) is 12.8 Å². The van der Waals surface area contributed by atoms with Crippen molar-refractivity contribution in [2.24, 2.45) is 0 Å². The summed E-state index contributed by atoms with van der Waals surface area (Å²) >= 11 is 0. The van der Waals surface area contributed by atoms with Crippen LogP contribution in [0.15, 0.2) is 0 Å². The number of β-amino-alcohol motifs (C(OH)–C–C–N with tert-alkyl or cyclic N) is 1. The van der Waals surface area contributed by atoms with Crippen molar-refractivity contribution in [3.63, 3.8) is 0 Å². The Morgan fingerprint density at radius 1 is 1.23 bits per heavy atom. The monoisotopic (exact) mass is 189 g/mol. The van der Waals surface area contributed by atoms with Gasteiger partial charge in [-0.2, -0.15) is 0 Å². The third kappa shape index (κ3) is 2.91. The highest BCUT2D eigenvalue weighted by Crippen LogP contribution is 2.28. The number of rotatable bonds is 5. The minimum Gasteiger partial charge on any atom is -0.394 e. The van der Waals surface area contributed by atoms with Crippen LogP contribution in [0.5, 0.6) is 0 Å². The van der Waals surface area contributed by atoms with E-state index in [1.165, 1.54) is 0 Å². The molecule has 0 aliphatic heterocycles. The Bertz CT molecular complexity index is 146. The van der Waals surface area contributed by atoms with Crippen molar-refractivity contribution in [3.05, 3.63) is 0 Å². The first-order valence-corrected chi connectivity index (χ1v) is 4.87. The Morgan fingerprint density at radius 3 is 2.31 bits per heavy atom. The minimum atomic E-state index is -0.718. The van der Waals surface area contributed by atoms with Crippen LogP contribution in [-0.2, 0) is 0 Å². The second-order valence-electron chi connectivity index (χ2n) is 3.86. The van der Waals surface area contributed by atoms with Crippen LogP contribution in [0.25, 0.3) is 0 Å². The van der Waals surface area contributed by atoms with Crippen LogP contribution >= 0.6 is 0 Å². The van der Waals surface area contributed by atoms with E-state index in [0.717, 1.165) is 25.7 Å². The summed E-state index contributed by atoms with van der Waals surface area (Å²) in [6.45, 7) is 0.247. The van der Waals surface area contributed by atoms with E-state index in [4.69, 9.17) is 10.2 Å². The van der Waals surface area contributed by atoms with Crippen LogP contribution in [0.2, 0.25) is 0 Å². The number of aliphatic hydroxyl groups excluding tert-OH is 3. The number of nitrogens with one attached hydrogen (secondary N) is 1. The lowest BCUT2D eigenvalue weighted by Crippen LogP contribution is -2.49. The first-order chi connectivity index (χ1) is 6.22. The molecule has 1 atom stereocenters. The lowest BCUT2D eigenvalue weighted by atomic mass is 9.99. The first kappa shape index (κ1) is 10.9. The maximum atomic E-state index is 9.20. The predicted octanol–water partition coefficient (Wildman–Crippen LogP) is -0.766. The van der Waals surface area contributed by atoms with Crippen molar-refractivity contribution in [2.45, 2.75) is 37.3 Å². The van der Waals surface area contributed by atoms with Crippen molar-refractivity contribution in [3.8, 4) is 0 Å². The highest BCUT2D eigenvalue weighted by atomic mass is 16.3. The quantitative estimate of drug-likeness (QED) is 0.458. The average molecular weight is 189 g/mol. The molecular formula is C9H19NO3. The van der Waals surface area contributed by atoms with Crippen molar-refractivity contribution in [1.82, 2.24) is 5.32 Å². The molecule has 78 valence electrons. The molecular weight excluding hydrogens is 170 g/mol. The van der Waals surface area contributed by atoms with Crippen molar-refractivity contribution < 1.29 is 15.3 Å². The maximum Gasteiger partial charge on any atom is 0.0895 e. The second-order valence-corrected chi connectivity index (χ2v) is 3.86. The molecule has 0 spiro atoms. The molecule has 0 aromatic carbocycles. The van der Waals surface area contributed by atoms with Crippen LogP contribution < -0.4 is 5.32 Å². The smallest absolute Gasteiger partial charge is 0.0895 e. The van der Waals surface area contributed by atoms with Gasteiger partial charge in [0.2, 0.25) is 0 Å². The van der Waals surface area contributed by atoms with Gasteiger partial charge in [0.25, 0.3) is 0 Å². The summed E-state index contributed by atoms with van der Waals surface area (Å²) in [6.07, 6.45) is 3.46. The van der Waals surface area contributed by atoms with Gasteiger partial charge in [0.15, 0.2) is 0 Å². The van der Waals surface area contributed by atoms with Crippen LogP contribution in [0.1, 0.15) is 25.7 Å². The van der Waals surface area contributed by atoms with Gasteiger partial charge in [-0.25, -0.2) is 0 Å². The Kier molecular flexibility index (Phi) is 4.12. The van der Waals surface area contributed by atoms with Crippen LogP contribution in [0, 0.1) is 0 Å². The molecule has 0 saturated heterocycles. The molecule has 0 aromatic heterocycles. The summed E-state index contributed by atoms with van der Waals surface area (Å²) in [6, 6.07) is 0. The number of hydrogen-bond acceptors (Lipinski definition) is 4. The SMILES string of the molecule is OC[C@@H](O)CNC1(CO)CCCC1. The van der Waals surface area contributed by atoms with E-state index in [1.54, 1.807) is 0 Å². The first-order valence-electron chi connectivity index (χ1n) is 4.87. The van der Waals surface area contributed by atoms with E-state index in [1.807, 2.05) is 0 Å². The topological polar surface area (TPSA) is 72.7 Å². The Morgan fingerprint density at radius 2 is 1.85 bits per heavy atom. The van der Waals surface area contributed by atoms with Gasteiger partial charge in [-0.15, -0.1) is 0 Å². The molecule has 1 fully saturated rings. The Hall–Kier alpha value is -0.160. The highest BCUT2D eigenvalue weighted by Gasteiger charge is 2.32. The molecule has 0 bridgehead atoms. The average Bonchev–Trinajstić information content (AvgIpc) is 2.63. The zero-order valence-corrected chi connectivity index (χ0v) is 7.87. The summed E-state index contributed by atoms with van der Waals surface area (Å²) in [4.78, 5) is 0. The normalized spacial score (nSPS) is 23.3. The van der Waals surface area contributed by atoms with Gasteiger partial charge in [0.1, 0.15) is 0 Å². The van der Waals surface area contributed by atoms with E-state index in [0.29, 0.717) is 6.54 Å². The fourth-order valence-corrected chi connectivity index (χ4v) is 1.84. The second kappa shape index (κ2) is 4.91. The molecule has 4 nitrogen and oxygen atoms in total. The molecule has 4 N–H and O–H groups in total. The molecule has 0 amide bonds. The summed E-state index contributed by atoms with van der Waals surface area (Å²) in [5.74, 6) is 0. The van der Waals surface area contributed by atoms with Crippen LogP contribution in [0.4, 0.5) is 0 Å². The Labute approximate surface area is 78.6 Å². The summed E-state index contributed by atoms with van der Waals surface area (Å²) in [5.41, 5.74) is -0.198. The van der Waals surface area contributed by atoms with Crippen molar-refractivity contribution in [1.29, 1.82) is 0 Å². The van der Waals surface area contributed by atoms with Gasteiger partial charge in [0.05, 0.1) is 19.3 Å². The summed E-state index contributed by atoms with van der Waals surface area (Å²) < 4.78 is 0. The molecule has 0 radical (unpaired) electrons. The Balaban J connectivity index is 2.31. The molecule has 1 saturated carbocycles. The fourth-order valence-electron chi connectivity index (χ4n) is 1.84. The van der Waals surface area contributed by atoms with Gasteiger partial charge >= 0.3 is 0 Å². The molecule has 0 aromatic rings. The third-order valence-corrected chi connectivity index (χ3v) is 2.79. The van der Waals surface area contributed by atoms with Crippen molar-refractivity contribution >= 4 is 0 Å². The molecule has 1 aliphatic rings. The van der Waals surface area contributed by atoms with Crippen molar-refractivity contribution in [2.75, 3.05) is 19.8 Å². The lowest BCUT2D eigenvalue weighted by Gasteiger charge is -2.29. The van der Waals surface area contributed by atoms with E-state index >= 15 is 0 Å². The largest absolute Gasteiger partial charge is 0.394 e. The van der Waals surface area contributed by atoms with E-state index in [-0.39, 0.29) is 18.8 Å². The number of hydrogen-bond donors (Lipinski definition) is 4. The fraction of sp³-hybridized carbons (Fsp3) is 1.00. The van der Waals surface area contributed by atoms with Crippen LogP contribution in [0.3, 0.4) is 0 Å². The van der Waals surface area contributed by atoms with Gasteiger partial charge < -0.3 is 20.6 Å². The summed E-state index contributed by atoms with van der Waals surface area (Å²) in [7, 11) is 0. The van der Waals surface area contributed by atoms with Crippen LogP contribution in [-0.4, -0.2) is 46.7 Å². The molecule has 1 aliphatic carbocycles. The molecule has 13 heavy (non-hydrogen) atoms. The predicted molar refractivity (Wildman–Crippen MR) is 49.4 cm³/mol. The zero-order chi connectivity index (χ0) is 9.73. The van der Waals surface area contributed by atoms with E-state index in [9.17, 15) is 5.11 Å². The maximum absolute atomic E-state index is 9.20. The van der Waals surface area contributed by atoms with Gasteiger partial charge in [0, 0.05) is 12.1 Å². The van der Waals surface area contributed by atoms with E-state index in [2.05, 4.69) is 5.32 Å². The molecule has 4 heteroatoms. The number of aliphatic hydroxyl groups is 3. The van der Waals surface area contributed by atoms with E-state index < -0.39 is 6.10 Å². The lowest BCUT2D eigenvalue weighted by molar-refractivity contribution is 0.0761. The highest BCUT2D eigenvalue weighted by molar-refractivity contribution is 4.92. The molecule has 0 unspecified atom stereocenters. The standard InChI is InChI=1S/C9H19NO3/c11-6-8(13)5-10-9(7-12)3-1-2-4-9/h8,10-13H,1-7H2/t8-/m0/s1. The zero-order valence-electron chi connectivity index (χ0n) is 7.87. The third-order valence-electron chi connectivity index (χ3n) is 2.79. The van der Waals surface area contributed by atoms with Gasteiger partial charge in [-0.05, 0) is 12.8 Å². The molecule has 1 rings (SSSR count). The van der Waals surface area contributed by atoms with Gasteiger partial charge in [-0.3, -0.25) is 0 Å².